The normalized spacial score (nSPS) is 33.6. The summed E-state index contributed by atoms with van der Waals surface area (Å²) in [5, 5.41) is 0. The largest absolute Gasteiger partial charge is 0.460 e. The van der Waals surface area contributed by atoms with E-state index >= 15 is 0 Å². The lowest BCUT2D eigenvalue weighted by molar-refractivity contribution is -0.205. The average Bonchev–Trinajstić information content (AvgIpc) is 2.95. The average molecular weight is 338 g/mol. The Labute approximate surface area is 135 Å². The zero-order chi connectivity index (χ0) is 17.6. The topological polar surface area (TPSA) is 26.3 Å². The summed E-state index contributed by atoms with van der Waals surface area (Å²) in [5.74, 6) is -2.41. The molecule has 2 aliphatic rings. The number of rotatable bonds is 4. The van der Waals surface area contributed by atoms with Crippen molar-refractivity contribution in [3.63, 3.8) is 0 Å². The summed E-state index contributed by atoms with van der Waals surface area (Å²) >= 11 is 0. The van der Waals surface area contributed by atoms with Gasteiger partial charge in [0.15, 0.2) is 6.17 Å². The summed E-state index contributed by atoms with van der Waals surface area (Å²) in [6.07, 6.45) is -5.15. The van der Waals surface area contributed by atoms with Crippen molar-refractivity contribution >= 4 is 5.97 Å². The molecule has 6 atom stereocenters. The summed E-state index contributed by atoms with van der Waals surface area (Å²) < 4.78 is 57.9. The molecule has 2 rings (SSSR count). The molecule has 23 heavy (non-hydrogen) atoms. The fourth-order valence-corrected chi connectivity index (χ4v) is 4.39. The van der Waals surface area contributed by atoms with Crippen LogP contribution in [0.2, 0.25) is 0 Å². The van der Waals surface area contributed by atoms with Gasteiger partial charge >= 0.3 is 12.1 Å². The van der Waals surface area contributed by atoms with Crippen molar-refractivity contribution in [3.05, 3.63) is 0 Å². The number of esters is 1. The lowest BCUT2D eigenvalue weighted by Crippen LogP contribution is -2.40. The van der Waals surface area contributed by atoms with Gasteiger partial charge in [0.1, 0.15) is 5.60 Å². The number of carbonyl (C=O) groups is 1. The highest BCUT2D eigenvalue weighted by atomic mass is 19.4. The third-order valence-corrected chi connectivity index (χ3v) is 5.24. The lowest BCUT2D eigenvalue weighted by atomic mass is 9.73. The summed E-state index contributed by atoms with van der Waals surface area (Å²) in [6, 6.07) is 0. The summed E-state index contributed by atoms with van der Waals surface area (Å²) in [5.41, 5.74) is -0.631. The molecule has 134 valence electrons. The van der Waals surface area contributed by atoms with Crippen molar-refractivity contribution in [2.45, 2.75) is 71.3 Å². The molecule has 0 aromatic rings. The van der Waals surface area contributed by atoms with Crippen molar-refractivity contribution in [1.29, 1.82) is 0 Å². The third kappa shape index (κ3) is 4.18. The number of ether oxygens (including phenoxy) is 1. The second-order valence-electron chi connectivity index (χ2n) is 8.19. The number of halogens is 4. The van der Waals surface area contributed by atoms with Gasteiger partial charge in [-0.3, -0.25) is 4.79 Å². The van der Waals surface area contributed by atoms with E-state index in [1.165, 1.54) is 0 Å². The van der Waals surface area contributed by atoms with Crippen LogP contribution in [-0.2, 0) is 9.53 Å². The second-order valence-corrected chi connectivity index (χ2v) is 8.19. The van der Waals surface area contributed by atoms with Crippen LogP contribution in [0.4, 0.5) is 17.6 Å². The van der Waals surface area contributed by atoms with E-state index in [-0.39, 0.29) is 24.2 Å². The maximum atomic E-state index is 14.0. The molecule has 0 heterocycles. The molecule has 0 spiro atoms. The Balaban J connectivity index is 2.06. The van der Waals surface area contributed by atoms with Gasteiger partial charge in [0.25, 0.3) is 0 Å². The van der Waals surface area contributed by atoms with Crippen LogP contribution in [0.15, 0.2) is 0 Å². The highest BCUT2D eigenvalue weighted by Crippen LogP contribution is 2.57. The first-order valence-corrected chi connectivity index (χ1v) is 8.34. The van der Waals surface area contributed by atoms with Crippen LogP contribution in [0.25, 0.3) is 0 Å². The van der Waals surface area contributed by atoms with E-state index < -0.39 is 35.8 Å². The van der Waals surface area contributed by atoms with Crippen molar-refractivity contribution in [1.82, 2.24) is 0 Å². The highest BCUT2D eigenvalue weighted by Gasteiger charge is 2.58. The maximum Gasteiger partial charge on any atom is 0.419 e. The van der Waals surface area contributed by atoms with E-state index in [0.29, 0.717) is 12.8 Å². The SMILES string of the molecule is CC(CC1C2CCC(C2)C1C(F)C(F)(F)F)C(=O)OC(C)(C)C. The zero-order valence-corrected chi connectivity index (χ0v) is 14.1. The third-order valence-electron chi connectivity index (χ3n) is 5.24. The van der Waals surface area contributed by atoms with Gasteiger partial charge in [0.05, 0.1) is 5.92 Å². The van der Waals surface area contributed by atoms with Crippen molar-refractivity contribution in [2.75, 3.05) is 0 Å². The first-order chi connectivity index (χ1) is 10.4. The molecule has 6 heteroatoms. The van der Waals surface area contributed by atoms with E-state index in [2.05, 4.69) is 0 Å². The summed E-state index contributed by atoms with van der Waals surface area (Å²) in [7, 11) is 0. The number of fused-ring (bicyclic) bond motifs is 2. The summed E-state index contributed by atoms with van der Waals surface area (Å²) in [6.45, 7) is 6.91. The van der Waals surface area contributed by atoms with E-state index in [1.807, 2.05) is 0 Å². The molecule has 2 fully saturated rings. The van der Waals surface area contributed by atoms with Gasteiger partial charge in [0, 0.05) is 5.92 Å². The molecule has 2 nitrogen and oxygen atoms in total. The van der Waals surface area contributed by atoms with E-state index in [9.17, 15) is 22.4 Å². The predicted octanol–water partition coefficient (Wildman–Crippen LogP) is 4.92. The summed E-state index contributed by atoms with van der Waals surface area (Å²) in [4.78, 5) is 12.1. The van der Waals surface area contributed by atoms with E-state index in [4.69, 9.17) is 4.74 Å². The minimum atomic E-state index is -4.82. The first-order valence-electron chi connectivity index (χ1n) is 8.34. The van der Waals surface area contributed by atoms with Crippen LogP contribution in [0, 0.1) is 29.6 Å². The van der Waals surface area contributed by atoms with Crippen molar-refractivity contribution in [3.8, 4) is 0 Å². The number of hydrogen-bond donors (Lipinski definition) is 0. The molecule has 2 saturated carbocycles. The van der Waals surface area contributed by atoms with Gasteiger partial charge in [-0.2, -0.15) is 13.2 Å². The van der Waals surface area contributed by atoms with Gasteiger partial charge in [-0.15, -0.1) is 0 Å². The lowest BCUT2D eigenvalue weighted by Gasteiger charge is -2.35. The van der Waals surface area contributed by atoms with Gasteiger partial charge in [-0.1, -0.05) is 6.92 Å². The molecule has 2 bridgehead atoms. The number of alkyl halides is 4. The first kappa shape index (κ1) is 18.5. The quantitative estimate of drug-likeness (QED) is 0.537. The fraction of sp³-hybridized carbons (Fsp3) is 0.941. The van der Waals surface area contributed by atoms with Gasteiger partial charge in [0.2, 0.25) is 0 Å². The molecule has 0 N–H and O–H groups in total. The molecule has 0 aliphatic heterocycles. The van der Waals surface area contributed by atoms with Crippen molar-refractivity contribution < 1.29 is 27.1 Å². The number of hydrogen-bond acceptors (Lipinski definition) is 2. The molecular formula is C17H26F4O2. The van der Waals surface area contributed by atoms with Crippen molar-refractivity contribution in [2.24, 2.45) is 29.6 Å². The Morgan fingerprint density at radius 1 is 1.17 bits per heavy atom. The minimum absolute atomic E-state index is 0.107. The Bertz CT molecular complexity index is 441. The zero-order valence-electron chi connectivity index (χ0n) is 14.1. The highest BCUT2D eigenvalue weighted by molar-refractivity contribution is 5.72. The van der Waals surface area contributed by atoms with Crippen LogP contribution >= 0.6 is 0 Å². The van der Waals surface area contributed by atoms with Gasteiger partial charge in [-0.05, 0) is 64.2 Å². The standard InChI is InChI=1S/C17H26F4O2/c1-9(15(22)23-16(2,3)4)7-12-10-5-6-11(8-10)13(12)14(18)17(19,20)21/h9-14H,5-8H2,1-4H3. The molecule has 0 amide bonds. The Morgan fingerprint density at radius 2 is 1.74 bits per heavy atom. The van der Waals surface area contributed by atoms with Crippen LogP contribution in [0.3, 0.4) is 0 Å². The Morgan fingerprint density at radius 3 is 2.26 bits per heavy atom. The molecular weight excluding hydrogens is 312 g/mol. The fourth-order valence-electron chi connectivity index (χ4n) is 4.39. The van der Waals surface area contributed by atoms with Crippen LogP contribution in [0.5, 0.6) is 0 Å². The molecule has 0 radical (unpaired) electrons. The predicted molar refractivity (Wildman–Crippen MR) is 78.4 cm³/mol. The molecule has 2 aliphatic carbocycles. The van der Waals surface area contributed by atoms with E-state index in [0.717, 1.165) is 6.42 Å². The number of carbonyl (C=O) groups excluding carboxylic acids is 1. The smallest absolute Gasteiger partial charge is 0.419 e. The second kappa shape index (κ2) is 6.25. The van der Waals surface area contributed by atoms with Crippen LogP contribution in [0.1, 0.15) is 53.4 Å². The maximum absolute atomic E-state index is 14.0. The Hall–Kier alpha value is -0.810. The molecule has 0 aromatic carbocycles. The monoisotopic (exact) mass is 338 g/mol. The molecule has 0 saturated heterocycles. The molecule has 0 aromatic heterocycles. The molecule has 6 unspecified atom stereocenters. The van der Waals surface area contributed by atoms with Crippen LogP contribution < -0.4 is 0 Å². The van der Waals surface area contributed by atoms with Gasteiger partial charge < -0.3 is 4.74 Å². The van der Waals surface area contributed by atoms with Crippen LogP contribution in [-0.4, -0.2) is 23.9 Å². The minimum Gasteiger partial charge on any atom is -0.460 e. The van der Waals surface area contributed by atoms with E-state index in [1.54, 1.807) is 27.7 Å². The Kier molecular flexibility index (Phi) is 5.03. The van der Waals surface area contributed by atoms with Gasteiger partial charge in [-0.25, -0.2) is 4.39 Å².